The van der Waals surface area contributed by atoms with E-state index in [2.05, 4.69) is 6.58 Å². The molecule has 7 heteroatoms. The summed E-state index contributed by atoms with van der Waals surface area (Å²) in [6.07, 6.45) is 1.75. The van der Waals surface area contributed by atoms with E-state index in [1.165, 1.54) is 19.1 Å². The lowest BCUT2D eigenvalue weighted by Crippen LogP contribution is -2.46. The van der Waals surface area contributed by atoms with Crippen molar-refractivity contribution in [3.05, 3.63) is 24.3 Å². The van der Waals surface area contributed by atoms with E-state index < -0.39 is 41.6 Å². The summed E-state index contributed by atoms with van der Waals surface area (Å²) in [5.74, 6) is -8.18. The fraction of sp³-hybridized carbons (Fsp3) is 0.417. The molecule has 0 saturated carbocycles. The summed E-state index contributed by atoms with van der Waals surface area (Å²) in [7, 11) is 0. The van der Waals surface area contributed by atoms with Gasteiger partial charge in [-0.25, -0.2) is 4.79 Å². The number of hydrogen-bond acceptors (Lipinski definition) is 5. The first-order chi connectivity index (χ1) is 8.78. The van der Waals surface area contributed by atoms with Gasteiger partial charge in [0.2, 0.25) is 5.79 Å². The lowest BCUT2D eigenvalue weighted by atomic mass is 9.81. The van der Waals surface area contributed by atoms with Crippen LogP contribution in [0.1, 0.15) is 6.92 Å². The number of hydrogen-bond donors (Lipinski definition) is 2. The van der Waals surface area contributed by atoms with Crippen LogP contribution in [-0.2, 0) is 23.9 Å². The summed E-state index contributed by atoms with van der Waals surface area (Å²) >= 11 is 0. The lowest BCUT2D eigenvalue weighted by molar-refractivity contribution is -0.205. The number of carboxylic acid groups (broad SMARTS) is 2. The SMILES string of the molecule is C=C(C)C(=O)O[C@@]12C=C[C@@H](O1)[C@@H](C(=O)O)[C@H]2C(=O)O. The van der Waals surface area contributed by atoms with E-state index in [1.54, 1.807) is 0 Å². The summed E-state index contributed by atoms with van der Waals surface area (Å²) in [6.45, 7) is 4.78. The van der Waals surface area contributed by atoms with Crippen LogP contribution < -0.4 is 0 Å². The molecular weight excluding hydrogens is 256 g/mol. The van der Waals surface area contributed by atoms with E-state index in [9.17, 15) is 19.5 Å². The van der Waals surface area contributed by atoms with Gasteiger partial charge in [-0.05, 0) is 13.0 Å². The topological polar surface area (TPSA) is 110 Å². The Balaban J connectivity index is 2.37. The third-order valence-electron chi connectivity index (χ3n) is 3.14. The molecule has 0 aliphatic carbocycles. The van der Waals surface area contributed by atoms with Crippen molar-refractivity contribution < 1.29 is 34.1 Å². The van der Waals surface area contributed by atoms with E-state index in [0.29, 0.717) is 0 Å². The van der Waals surface area contributed by atoms with Crippen LogP contribution in [0.5, 0.6) is 0 Å². The number of carboxylic acids is 2. The van der Waals surface area contributed by atoms with Crippen molar-refractivity contribution in [1.29, 1.82) is 0 Å². The zero-order chi connectivity index (χ0) is 14.4. The van der Waals surface area contributed by atoms with Crippen molar-refractivity contribution in [3.63, 3.8) is 0 Å². The highest BCUT2D eigenvalue weighted by atomic mass is 16.7. The average Bonchev–Trinajstić information content (AvgIpc) is 2.82. The minimum Gasteiger partial charge on any atom is -0.481 e. The predicted molar refractivity (Wildman–Crippen MR) is 59.9 cm³/mol. The molecule has 2 aliphatic heterocycles. The van der Waals surface area contributed by atoms with E-state index in [4.69, 9.17) is 14.6 Å². The van der Waals surface area contributed by atoms with Crippen LogP contribution in [0.3, 0.4) is 0 Å². The molecule has 0 aromatic rings. The van der Waals surface area contributed by atoms with Gasteiger partial charge in [-0.3, -0.25) is 9.59 Å². The van der Waals surface area contributed by atoms with Gasteiger partial charge in [0.05, 0.1) is 6.10 Å². The molecule has 1 fully saturated rings. The van der Waals surface area contributed by atoms with Gasteiger partial charge >= 0.3 is 17.9 Å². The highest BCUT2D eigenvalue weighted by molar-refractivity contribution is 5.89. The molecule has 102 valence electrons. The van der Waals surface area contributed by atoms with E-state index in [1.807, 2.05) is 0 Å². The molecule has 2 bridgehead atoms. The summed E-state index contributed by atoms with van der Waals surface area (Å²) in [5, 5.41) is 18.3. The van der Waals surface area contributed by atoms with Crippen LogP contribution in [-0.4, -0.2) is 40.0 Å². The van der Waals surface area contributed by atoms with Gasteiger partial charge in [0.1, 0.15) is 11.8 Å². The Labute approximate surface area is 108 Å². The van der Waals surface area contributed by atoms with Crippen molar-refractivity contribution in [2.45, 2.75) is 18.8 Å². The first-order valence-electron chi connectivity index (χ1n) is 5.50. The van der Waals surface area contributed by atoms with Gasteiger partial charge in [0, 0.05) is 5.57 Å². The monoisotopic (exact) mass is 268 g/mol. The normalized spacial score (nSPS) is 35.1. The average molecular weight is 268 g/mol. The molecule has 2 N–H and O–H groups in total. The fourth-order valence-electron chi connectivity index (χ4n) is 2.29. The third kappa shape index (κ3) is 1.91. The van der Waals surface area contributed by atoms with Crippen molar-refractivity contribution in [2.75, 3.05) is 0 Å². The summed E-state index contributed by atoms with van der Waals surface area (Å²) in [4.78, 5) is 34.0. The fourth-order valence-corrected chi connectivity index (χ4v) is 2.29. The molecule has 2 aliphatic rings. The Morgan fingerprint density at radius 1 is 1.32 bits per heavy atom. The molecule has 2 rings (SSSR count). The van der Waals surface area contributed by atoms with Crippen LogP contribution in [0.2, 0.25) is 0 Å². The number of rotatable bonds is 4. The molecule has 4 atom stereocenters. The number of carbonyl (C=O) groups excluding carboxylic acids is 1. The predicted octanol–water partition coefficient (Wildman–Crippen LogP) is 0.172. The standard InChI is InChI=1S/C12H12O7/c1-5(2)11(17)19-12-4-3-6(18-12)7(9(13)14)8(12)10(15)16/h3-4,6-8H,1H2,2H3,(H,13,14)(H,15,16)/t6-,7-,8+,12-/m1/s1. The molecule has 0 aromatic heterocycles. The molecule has 0 spiro atoms. The largest absolute Gasteiger partial charge is 0.481 e. The first-order valence-corrected chi connectivity index (χ1v) is 5.50. The van der Waals surface area contributed by atoms with Gasteiger partial charge in [-0.15, -0.1) is 0 Å². The van der Waals surface area contributed by atoms with E-state index >= 15 is 0 Å². The van der Waals surface area contributed by atoms with Crippen LogP contribution in [0.4, 0.5) is 0 Å². The molecule has 7 nitrogen and oxygen atoms in total. The van der Waals surface area contributed by atoms with Gasteiger partial charge in [-0.1, -0.05) is 12.7 Å². The van der Waals surface area contributed by atoms with Crippen molar-refractivity contribution >= 4 is 17.9 Å². The lowest BCUT2D eigenvalue weighted by Gasteiger charge is -2.28. The second-order valence-corrected chi connectivity index (χ2v) is 4.51. The highest BCUT2D eigenvalue weighted by Crippen LogP contribution is 2.48. The van der Waals surface area contributed by atoms with Crippen LogP contribution in [0.25, 0.3) is 0 Å². The molecule has 0 unspecified atom stereocenters. The Morgan fingerprint density at radius 3 is 2.42 bits per heavy atom. The number of esters is 1. The number of carbonyl (C=O) groups is 3. The summed E-state index contributed by atoms with van der Waals surface area (Å²) in [5.41, 5.74) is 0.0674. The Hall–Kier alpha value is -2.15. The third-order valence-corrected chi connectivity index (χ3v) is 3.14. The molecule has 0 radical (unpaired) electrons. The van der Waals surface area contributed by atoms with Crippen molar-refractivity contribution in [3.8, 4) is 0 Å². The molecule has 2 heterocycles. The smallest absolute Gasteiger partial charge is 0.335 e. The van der Waals surface area contributed by atoms with Crippen molar-refractivity contribution in [2.24, 2.45) is 11.8 Å². The quantitative estimate of drug-likeness (QED) is 0.425. The maximum absolute atomic E-state index is 11.6. The van der Waals surface area contributed by atoms with E-state index in [0.717, 1.165) is 0 Å². The molecule has 19 heavy (non-hydrogen) atoms. The second kappa shape index (κ2) is 4.20. The van der Waals surface area contributed by atoms with Crippen LogP contribution >= 0.6 is 0 Å². The van der Waals surface area contributed by atoms with Crippen molar-refractivity contribution in [1.82, 2.24) is 0 Å². The van der Waals surface area contributed by atoms with Gasteiger partial charge < -0.3 is 19.7 Å². The number of aliphatic carboxylic acids is 2. The molecular formula is C12H12O7. The zero-order valence-corrected chi connectivity index (χ0v) is 10.0. The maximum atomic E-state index is 11.6. The summed E-state index contributed by atoms with van der Waals surface area (Å²) in [6, 6.07) is 0. The molecule has 0 amide bonds. The Bertz CT molecular complexity index is 506. The van der Waals surface area contributed by atoms with Gasteiger partial charge in [0.15, 0.2) is 0 Å². The summed E-state index contributed by atoms with van der Waals surface area (Å²) < 4.78 is 10.3. The second-order valence-electron chi connectivity index (χ2n) is 4.51. The van der Waals surface area contributed by atoms with Gasteiger partial charge in [0.25, 0.3) is 0 Å². The zero-order valence-electron chi connectivity index (χ0n) is 10.0. The van der Waals surface area contributed by atoms with E-state index in [-0.39, 0.29) is 5.57 Å². The highest BCUT2D eigenvalue weighted by Gasteiger charge is 2.65. The molecule has 0 aromatic carbocycles. The molecule has 1 saturated heterocycles. The Kier molecular flexibility index (Phi) is 2.94. The minimum absolute atomic E-state index is 0.0674. The van der Waals surface area contributed by atoms with Crippen LogP contribution in [0, 0.1) is 11.8 Å². The number of fused-ring (bicyclic) bond motifs is 2. The number of ether oxygens (including phenoxy) is 2. The van der Waals surface area contributed by atoms with Gasteiger partial charge in [-0.2, -0.15) is 0 Å². The maximum Gasteiger partial charge on any atom is 0.335 e. The minimum atomic E-state index is -1.87. The van der Waals surface area contributed by atoms with Crippen LogP contribution in [0.15, 0.2) is 24.3 Å². The Morgan fingerprint density at radius 2 is 1.95 bits per heavy atom. The first kappa shape index (κ1) is 13.3.